The standard InChI is InChI=1S/C10H12O2.C8H8/c1-4-8-5-6-9(11-2)10(7-8)12-3;1-2-8-6-4-3-5-7-8/h4-7H,1H2,2-3H3;2-7H,1H2. The smallest absolute Gasteiger partial charge is 0.161 e. The van der Waals surface area contributed by atoms with Gasteiger partial charge in [0.15, 0.2) is 11.5 Å². The molecule has 0 unspecified atom stereocenters. The van der Waals surface area contributed by atoms with Crippen LogP contribution in [0.15, 0.2) is 61.7 Å². The first-order valence-corrected chi connectivity index (χ1v) is 6.27. The van der Waals surface area contributed by atoms with Crippen molar-refractivity contribution in [1.29, 1.82) is 0 Å². The Morgan fingerprint density at radius 3 is 1.80 bits per heavy atom. The van der Waals surface area contributed by atoms with Crippen LogP contribution in [0.2, 0.25) is 0 Å². The number of ether oxygens (including phenoxy) is 2. The molecule has 0 spiro atoms. The van der Waals surface area contributed by atoms with Crippen molar-refractivity contribution in [1.82, 2.24) is 0 Å². The maximum atomic E-state index is 5.11. The Balaban J connectivity index is 0.000000217. The van der Waals surface area contributed by atoms with Crippen LogP contribution in [-0.4, -0.2) is 14.2 Å². The molecule has 0 atom stereocenters. The van der Waals surface area contributed by atoms with Gasteiger partial charge in [0.25, 0.3) is 0 Å². The average molecular weight is 268 g/mol. The highest BCUT2D eigenvalue weighted by molar-refractivity contribution is 5.54. The van der Waals surface area contributed by atoms with Gasteiger partial charge >= 0.3 is 0 Å². The quantitative estimate of drug-likeness (QED) is 0.801. The minimum Gasteiger partial charge on any atom is -0.493 e. The van der Waals surface area contributed by atoms with Crippen LogP contribution in [0.1, 0.15) is 11.1 Å². The van der Waals surface area contributed by atoms with Gasteiger partial charge in [-0.2, -0.15) is 0 Å². The van der Waals surface area contributed by atoms with Crippen molar-refractivity contribution in [3.05, 3.63) is 72.8 Å². The van der Waals surface area contributed by atoms with E-state index in [1.807, 2.05) is 54.6 Å². The Morgan fingerprint density at radius 2 is 1.35 bits per heavy atom. The number of rotatable bonds is 4. The van der Waals surface area contributed by atoms with Gasteiger partial charge in [-0.05, 0) is 23.3 Å². The van der Waals surface area contributed by atoms with E-state index in [0.29, 0.717) is 0 Å². The molecule has 0 amide bonds. The van der Waals surface area contributed by atoms with Gasteiger partial charge in [0.1, 0.15) is 0 Å². The predicted octanol–water partition coefficient (Wildman–Crippen LogP) is 4.68. The molecule has 104 valence electrons. The van der Waals surface area contributed by atoms with Crippen LogP contribution in [0.4, 0.5) is 0 Å². The lowest BCUT2D eigenvalue weighted by molar-refractivity contribution is 0.355. The lowest BCUT2D eigenvalue weighted by Crippen LogP contribution is -1.90. The van der Waals surface area contributed by atoms with E-state index in [0.717, 1.165) is 17.1 Å². The van der Waals surface area contributed by atoms with E-state index in [9.17, 15) is 0 Å². The first-order valence-electron chi connectivity index (χ1n) is 6.27. The summed E-state index contributed by atoms with van der Waals surface area (Å²) in [5, 5.41) is 0. The first-order chi connectivity index (χ1) is 9.74. The van der Waals surface area contributed by atoms with Gasteiger partial charge in [0, 0.05) is 0 Å². The second-order valence-corrected chi connectivity index (χ2v) is 3.93. The number of hydrogen-bond donors (Lipinski definition) is 0. The van der Waals surface area contributed by atoms with E-state index in [4.69, 9.17) is 9.47 Å². The van der Waals surface area contributed by atoms with Crippen molar-refractivity contribution >= 4 is 12.2 Å². The van der Waals surface area contributed by atoms with Gasteiger partial charge in [-0.1, -0.05) is 61.7 Å². The molecule has 0 saturated carbocycles. The third kappa shape index (κ3) is 4.65. The third-order valence-corrected chi connectivity index (χ3v) is 2.68. The molecule has 2 rings (SSSR count). The van der Waals surface area contributed by atoms with Crippen molar-refractivity contribution in [3.8, 4) is 11.5 Å². The Labute approximate surface area is 121 Å². The van der Waals surface area contributed by atoms with E-state index in [1.54, 1.807) is 20.3 Å². The Bertz CT molecular complexity index is 545. The SMILES string of the molecule is C=Cc1ccc(OC)c(OC)c1.C=Cc1ccccc1. The van der Waals surface area contributed by atoms with Crippen molar-refractivity contribution in [2.75, 3.05) is 14.2 Å². The Hall–Kier alpha value is -2.48. The van der Waals surface area contributed by atoms with E-state index < -0.39 is 0 Å². The summed E-state index contributed by atoms with van der Waals surface area (Å²) in [6.45, 7) is 7.30. The number of benzene rings is 2. The molecule has 2 aromatic rings. The van der Waals surface area contributed by atoms with Gasteiger partial charge < -0.3 is 9.47 Å². The molecule has 0 aliphatic carbocycles. The molecule has 0 aliphatic rings. The summed E-state index contributed by atoms with van der Waals surface area (Å²) in [5.74, 6) is 1.47. The summed E-state index contributed by atoms with van der Waals surface area (Å²) in [6.07, 6.45) is 3.60. The summed E-state index contributed by atoms with van der Waals surface area (Å²) in [7, 11) is 3.23. The number of methoxy groups -OCH3 is 2. The van der Waals surface area contributed by atoms with Gasteiger partial charge in [0.2, 0.25) is 0 Å². The molecule has 0 aliphatic heterocycles. The summed E-state index contributed by atoms with van der Waals surface area (Å²) in [5.41, 5.74) is 2.19. The zero-order chi connectivity index (χ0) is 14.8. The summed E-state index contributed by atoms with van der Waals surface area (Å²) in [4.78, 5) is 0. The molecule has 0 bridgehead atoms. The zero-order valence-corrected chi connectivity index (χ0v) is 12.0. The van der Waals surface area contributed by atoms with E-state index in [-0.39, 0.29) is 0 Å². The summed E-state index contributed by atoms with van der Waals surface area (Å²) < 4.78 is 10.2. The highest BCUT2D eigenvalue weighted by Gasteiger charge is 2.01. The minimum atomic E-state index is 0.731. The van der Waals surface area contributed by atoms with Crippen LogP contribution in [0, 0.1) is 0 Å². The molecule has 0 fully saturated rings. The molecule has 0 radical (unpaired) electrons. The molecule has 0 saturated heterocycles. The number of hydrogen-bond acceptors (Lipinski definition) is 2. The fraction of sp³-hybridized carbons (Fsp3) is 0.111. The van der Waals surface area contributed by atoms with Crippen molar-refractivity contribution < 1.29 is 9.47 Å². The fourth-order valence-electron chi connectivity index (χ4n) is 1.57. The van der Waals surface area contributed by atoms with Gasteiger partial charge in [-0.3, -0.25) is 0 Å². The fourth-order valence-corrected chi connectivity index (χ4v) is 1.57. The second kappa shape index (κ2) is 8.59. The van der Waals surface area contributed by atoms with Crippen LogP contribution in [0.3, 0.4) is 0 Å². The van der Waals surface area contributed by atoms with Crippen molar-refractivity contribution in [2.45, 2.75) is 0 Å². The third-order valence-electron chi connectivity index (χ3n) is 2.68. The minimum absolute atomic E-state index is 0.731. The van der Waals surface area contributed by atoms with Gasteiger partial charge in [0.05, 0.1) is 14.2 Å². The van der Waals surface area contributed by atoms with E-state index in [1.165, 1.54) is 5.56 Å². The van der Waals surface area contributed by atoms with Crippen molar-refractivity contribution in [3.63, 3.8) is 0 Å². The van der Waals surface area contributed by atoms with Crippen LogP contribution in [-0.2, 0) is 0 Å². The zero-order valence-electron chi connectivity index (χ0n) is 12.0. The largest absolute Gasteiger partial charge is 0.493 e. The molecular weight excluding hydrogens is 248 g/mol. The first kappa shape index (κ1) is 15.6. The Kier molecular flexibility index (Phi) is 6.69. The Morgan fingerprint density at radius 1 is 0.750 bits per heavy atom. The second-order valence-electron chi connectivity index (χ2n) is 3.93. The molecular formula is C18H20O2. The van der Waals surface area contributed by atoms with Gasteiger partial charge in [-0.25, -0.2) is 0 Å². The van der Waals surface area contributed by atoms with Gasteiger partial charge in [-0.15, -0.1) is 0 Å². The maximum Gasteiger partial charge on any atom is 0.161 e. The molecule has 20 heavy (non-hydrogen) atoms. The van der Waals surface area contributed by atoms with E-state index in [2.05, 4.69) is 13.2 Å². The van der Waals surface area contributed by atoms with Crippen LogP contribution in [0.5, 0.6) is 11.5 Å². The lowest BCUT2D eigenvalue weighted by Gasteiger charge is -2.07. The van der Waals surface area contributed by atoms with E-state index >= 15 is 0 Å². The molecule has 0 aromatic heterocycles. The lowest BCUT2D eigenvalue weighted by atomic mass is 10.2. The summed E-state index contributed by atoms with van der Waals surface area (Å²) in [6, 6.07) is 15.7. The maximum absolute atomic E-state index is 5.11. The van der Waals surface area contributed by atoms with Crippen molar-refractivity contribution in [2.24, 2.45) is 0 Å². The normalized spacial score (nSPS) is 8.90. The topological polar surface area (TPSA) is 18.5 Å². The molecule has 2 nitrogen and oxygen atoms in total. The summed E-state index contributed by atoms with van der Waals surface area (Å²) >= 11 is 0. The van der Waals surface area contributed by atoms with Crippen LogP contribution in [0.25, 0.3) is 12.2 Å². The van der Waals surface area contributed by atoms with Crippen LogP contribution >= 0.6 is 0 Å². The highest BCUT2D eigenvalue weighted by Crippen LogP contribution is 2.27. The molecule has 2 heteroatoms. The predicted molar refractivity (Wildman–Crippen MR) is 86.2 cm³/mol. The monoisotopic (exact) mass is 268 g/mol. The molecule has 2 aromatic carbocycles. The molecule has 0 heterocycles. The molecule has 0 N–H and O–H groups in total. The van der Waals surface area contributed by atoms with Crippen LogP contribution < -0.4 is 9.47 Å². The highest BCUT2D eigenvalue weighted by atomic mass is 16.5. The average Bonchev–Trinajstić information content (AvgIpc) is 2.55.